The van der Waals surface area contributed by atoms with E-state index in [2.05, 4.69) is 23.4 Å². The lowest BCUT2D eigenvalue weighted by atomic mass is 10.0. The highest BCUT2D eigenvalue weighted by atomic mass is 32.2. The van der Waals surface area contributed by atoms with Gasteiger partial charge in [-0.25, -0.2) is 0 Å². The van der Waals surface area contributed by atoms with Gasteiger partial charge in [0.1, 0.15) is 6.61 Å². The van der Waals surface area contributed by atoms with Crippen LogP contribution in [0.15, 0.2) is 18.2 Å². The summed E-state index contributed by atoms with van der Waals surface area (Å²) in [5.41, 5.74) is 2.37. The number of aliphatic hydroxyl groups is 1. The molecular weight excluding hydrogens is 282 g/mol. The van der Waals surface area contributed by atoms with E-state index in [-0.39, 0.29) is 18.6 Å². The summed E-state index contributed by atoms with van der Waals surface area (Å²) in [6.45, 7) is 1.76. The molecule has 2 N–H and O–H groups in total. The number of hydrogen-bond acceptors (Lipinski definition) is 3. The molecule has 1 aromatic carbocycles. The summed E-state index contributed by atoms with van der Waals surface area (Å²) in [6.07, 6.45) is 5.51. The summed E-state index contributed by atoms with van der Waals surface area (Å²) >= 11 is 1.83. The third kappa shape index (κ3) is 4.03. The maximum absolute atomic E-state index is 12.5. The van der Waals surface area contributed by atoms with Crippen LogP contribution in [0.3, 0.4) is 0 Å². The van der Waals surface area contributed by atoms with E-state index in [0.29, 0.717) is 10.8 Å². The first kappa shape index (κ1) is 15.9. The fourth-order valence-electron chi connectivity index (χ4n) is 2.71. The molecule has 1 aliphatic rings. The van der Waals surface area contributed by atoms with Crippen LogP contribution in [0.5, 0.6) is 0 Å². The summed E-state index contributed by atoms with van der Waals surface area (Å²) in [7, 11) is 0. The first-order valence-corrected chi connectivity index (χ1v) is 8.48. The summed E-state index contributed by atoms with van der Waals surface area (Å²) in [5, 5.41) is 12.4. The Morgan fingerprint density at radius 2 is 2.29 bits per heavy atom. The van der Waals surface area contributed by atoms with Crippen molar-refractivity contribution < 1.29 is 9.90 Å². The van der Waals surface area contributed by atoms with Crippen molar-refractivity contribution in [1.29, 1.82) is 0 Å². The number of benzene rings is 1. The van der Waals surface area contributed by atoms with Gasteiger partial charge in [0.25, 0.3) is 5.91 Å². The molecule has 3 nitrogen and oxygen atoms in total. The minimum Gasteiger partial charge on any atom is -0.384 e. The molecule has 1 amide bonds. The lowest BCUT2D eigenvalue weighted by Crippen LogP contribution is -2.38. The first-order chi connectivity index (χ1) is 10.2. The minimum atomic E-state index is -0.174. The largest absolute Gasteiger partial charge is 0.384 e. The lowest BCUT2D eigenvalue weighted by Gasteiger charge is -2.19. The standard InChI is InChI=1S/C17H21NO2S/c1-12-8-9-13(5-4-10-19)11-14(12)17(20)18-15-6-3-7-16(15)21-2/h8-9,11,15-16,19H,3,6-7,10H2,1-2H3,(H,18,20). The molecule has 2 rings (SSSR count). The highest BCUT2D eigenvalue weighted by Gasteiger charge is 2.28. The number of aryl methyl sites for hydroxylation is 1. The van der Waals surface area contributed by atoms with E-state index in [1.165, 1.54) is 12.8 Å². The van der Waals surface area contributed by atoms with Crippen molar-refractivity contribution in [2.45, 2.75) is 37.5 Å². The molecule has 2 atom stereocenters. The molecule has 0 aliphatic heterocycles. The van der Waals surface area contributed by atoms with E-state index >= 15 is 0 Å². The quantitative estimate of drug-likeness (QED) is 0.843. The number of nitrogens with one attached hydrogen (secondary N) is 1. The molecule has 0 aromatic heterocycles. The topological polar surface area (TPSA) is 49.3 Å². The molecule has 4 heteroatoms. The molecule has 1 aromatic rings. The number of carbonyl (C=O) groups excluding carboxylic acids is 1. The Labute approximate surface area is 130 Å². The van der Waals surface area contributed by atoms with Crippen LogP contribution < -0.4 is 5.32 Å². The van der Waals surface area contributed by atoms with E-state index in [1.807, 2.05) is 30.8 Å². The number of carbonyl (C=O) groups is 1. The van der Waals surface area contributed by atoms with Crippen LogP contribution in [0.4, 0.5) is 0 Å². The van der Waals surface area contributed by atoms with Gasteiger partial charge < -0.3 is 10.4 Å². The minimum absolute atomic E-state index is 0.0221. The third-order valence-electron chi connectivity index (χ3n) is 3.87. The maximum atomic E-state index is 12.5. The highest BCUT2D eigenvalue weighted by molar-refractivity contribution is 7.99. The van der Waals surface area contributed by atoms with Crippen molar-refractivity contribution in [3.63, 3.8) is 0 Å². The highest BCUT2D eigenvalue weighted by Crippen LogP contribution is 2.28. The second-order valence-corrected chi connectivity index (χ2v) is 6.35. The summed E-state index contributed by atoms with van der Waals surface area (Å²) < 4.78 is 0. The molecule has 0 spiro atoms. The molecule has 1 saturated carbocycles. The summed E-state index contributed by atoms with van der Waals surface area (Å²) in [5.74, 6) is 5.43. The van der Waals surface area contributed by atoms with Crippen LogP contribution in [0.1, 0.15) is 40.7 Å². The number of amides is 1. The SMILES string of the molecule is CSC1CCCC1NC(=O)c1cc(C#CCO)ccc1C. The van der Waals surface area contributed by atoms with Crippen LogP contribution in [0.2, 0.25) is 0 Å². The Bertz CT molecular complexity index is 574. The molecule has 21 heavy (non-hydrogen) atoms. The smallest absolute Gasteiger partial charge is 0.251 e. The normalized spacial score (nSPS) is 20.7. The molecule has 2 unspecified atom stereocenters. The molecule has 1 aliphatic carbocycles. The molecule has 0 heterocycles. The maximum Gasteiger partial charge on any atom is 0.251 e. The van der Waals surface area contributed by atoms with E-state index in [4.69, 9.17) is 5.11 Å². The monoisotopic (exact) mass is 303 g/mol. The predicted molar refractivity (Wildman–Crippen MR) is 87.6 cm³/mol. The number of thioether (sulfide) groups is 1. The van der Waals surface area contributed by atoms with E-state index in [0.717, 1.165) is 17.5 Å². The van der Waals surface area contributed by atoms with Gasteiger partial charge in [0.2, 0.25) is 0 Å². The second-order valence-electron chi connectivity index (χ2n) is 5.27. The van der Waals surface area contributed by atoms with Crippen LogP contribution >= 0.6 is 11.8 Å². The molecule has 0 saturated heterocycles. The molecule has 0 bridgehead atoms. The van der Waals surface area contributed by atoms with Gasteiger partial charge in [0, 0.05) is 22.4 Å². The summed E-state index contributed by atoms with van der Waals surface area (Å²) in [4.78, 5) is 12.5. The number of hydrogen-bond donors (Lipinski definition) is 2. The molecule has 1 fully saturated rings. The van der Waals surface area contributed by atoms with Crippen molar-refractivity contribution in [3.05, 3.63) is 34.9 Å². The van der Waals surface area contributed by atoms with Gasteiger partial charge >= 0.3 is 0 Å². The van der Waals surface area contributed by atoms with E-state index < -0.39 is 0 Å². The van der Waals surface area contributed by atoms with Gasteiger partial charge in [-0.2, -0.15) is 11.8 Å². The fourth-order valence-corrected chi connectivity index (χ4v) is 3.64. The van der Waals surface area contributed by atoms with Gasteiger partial charge in [0.15, 0.2) is 0 Å². The zero-order valence-electron chi connectivity index (χ0n) is 12.5. The predicted octanol–water partition coefficient (Wildman–Crippen LogP) is 2.35. The Hall–Kier alpha value is -1.44. The first-order valence-electron chi connectivity index (χ1n) is 7.19. The molecular formula is C17H21NO2S. The van der Waals surface area contributed by atoms with Crippen molar-refractivity contribution in [3.8, 4) is 11.8 Å². The number of aliphatic hydroxyl groups excluding tert-OH is 1. The van der Waals surface area contributed by atoms with Crippen LogP contribution in [0.25, 0.3) is 0 Å². The van der Waals surface area contributed by atoms with Crippen molar-refractivity contribution in [1.82, 2.24) is 5.32 Å². The van der Waals surface area contributed by atoms with Crippen LogP contribution in [0, 0.1) is 18.8 Å². The molecule has 0 radical (unpaired) electrons. The van der Waals surface area contributed by atoms with Crippen LogP contribution in [-0.4, -0.2) is 35.2 Å². The summed E-state index contributed by atoms with van der Waals surface area (Å²) in [6, 6.07) is 5.83. The number of rotatable bonds is 3. The van der Waals surface area contributed by atoms with Gasteiger partial charge in [0.05, 0.1) is 0 Å². The Kier molecular flexibility index (Phi) is 5.72. The van der Waals surface area contributed by atoms with Crippen molar-refractivity contribution >= 4 is 17.7 Å². The lowest BCUT2D eigenvalue weighted by molar-refractivity contribution is 0.0938. The van der Waals surface area contributed by atoms with Gasteiger partial charge in [-0.15, -0.1) is 0 Å². The Morgan fingerprint density at radius 3 is 3.00 bits per heavy atom. The Morgan fingerprint density at radius 1 is 1.48 bits per heavy atom. The zero-order valence-corrected chi connectivity index (χ0v) is 13.3. The Balaban J connectivity index is 2.14. The van der Waals surface area contributed by atoms with Gasteiger partial charge in [-0.05, 0) is 43.7 Å². The van der Waals surface area contributed by atoms with Crippen molar-refractivity contribution in [2.75, 3.05) is 12.9 Å². The van der Waals surface area contributed by atoms with E-state index in [9.17, 15) is 4.79 Å². The molecule has 112 valence electrons. The average molecular weight is 303 g/mol. The zero-order chi connectivity index (χ0) is 15.2. The van der Waals surface area contributed by atoms with Gasteiger partial charge in [-0.3, -0.25) is 4.79 Å². The fraction of sp³-hybridized carbons (Fsp3) is 0.471. The van der Waals surface area contributed by atoms with E-state index in [1.54, 1.807) is 6.07 Å². The second kappa shape index (κ2) is 7.53. The van der Waals surface area contributed by atoms with Crippen molar-refractivity contribution in [2.24, 2.45) is 0 Å². The third-order valence-corrected chi connectivity index (χ3v) is 5.04. The van der Waals surface area contributed by atoms with Gasteiger partial charge in [-0.1, -0.05) is 24.3 Å². The average Bonchev–Trinajstić information content (AvgIpc) is 2.93. The van der Waals surface area contributed by atoms with Crippen LogP contribution in [-0.2, 0) is 0 Å².